The molecule has 0 bridgehead atoms. The number of imidazole rings is 1. The molecule has 0 aliphatic heterocycles. The van der Waals surface area contributed by atoms with Crippen LogP contribution in [0, 0.1) is 6.92 Å². The zero-order chi connectivity index (χ0) is 13.5. The molecule has 102 valence electrons. The third-order valence-electron chi connectivity index (χ3n) is 2.48. The second kappa shape index (κ2) is 6.72. The van der Waals surface area contributed by atoms with Crippen LogP contribution in [0.4, 0.5) is 5.95 Å². The Morgan fingerprint density at radius 1 is 1.37 bits per heavy atom. The molecule has 19 heavy (non-hydrogen) atoms. The van der Waals surface area contributed by atoms with Crippen LogP contribution in [0.2, 0.25) is 0 Å². The minimum Gasteiger partial charge on any atom is -0.478 e. The van der Waals surface area contributed by atoms with Gasteiger partial charge < -0.3 is 15.0 Å². The summed E-state index contributed by atoms with van der Waals surface area (Å²) in [6.07, 6.45) is 5.32. The average Bonchev–Trinajstić information content (AvgIpc) is 2.89. The molecule has 0 aromatic carbocycles. The molecule has 0 saturated carbocycles. The Labute approximate surface area is 112 Å². The van der Waals surface area contributed by atoms with Crippen LogP contribution in [0.3, 0.4) is 0 Å². The van der Waals surface area contributed by atoms with E-state index in [2.05, 4.69) is 32.2 Å². The van der Waals surface area contributed by atoms with Crippen molar-refractivity contribution in [1.29, 1.82) is 0 Å². The summed E-state index contributed by atoms with van der Waals surface area (Å²) < 4.78 is 5.52. The molecule has 0 saturated heterocycles. The molecule has 2 heterocycles. The summed E-state index contributed by atoms with van der Waals surface area (Å²) in [6, 6.07) is 1.84. The molecule has 0 radical (unpaired) electrons. The van der Waals surface area contributed by atoms with E-state index in [0.29, 0.717) is 18.4 Å². The molecule has 0 unspecified atom stereocenters. The van der Waals surface area contributed by atoms with Gasteiger partial charge in [0, 0.05) is 37.1 Å². The van der Waals surface area contributed by atoms with E-state index in [4.69, 9.17) is 4.74 Å². The van der Waals surface area contributed by atoms with E-state index in [-0.39, 0.29) is 0 Å². The van der Waals surface area contributed by atoms with E-state index < -0.39 is 0 Å². The van der Waals surface area contributed by atoms with Gasteiger partial charge in [-0.2, -0.15) is 4.98 Å². The van der Waals surface area contributed by atoms with Crippen molar-refractivity contribution in [3.63, 3.8) is 0 Å². The first kappa shape index (κ1) is 13.3. The van der Waals surface area contributed by atoms with Crippen molar-refractivity contribution in [2.45, 2.75) is 26.7 Å². The van der Waals surface area contributed by atoms with Crippen LogP contribution < -0.4 is 10.1 Å². The molecule has 6 heteroatoms. The van der Waals surface area contributed by atoms with Crippen LogP contribution in [0.25, 0.3) is 0 Å². The normalized spacial score (nSPS) is 10.4. The molecule has 0 aliphatic carbocycles. The molecule has 0 spiro atoms. The topological polar surface area (TPSA) is 75.7 Å². The van der Waals surface area contributed by atoms with Crippen molar-refractivity contribution in [3.8, 4) is 5.88 Å². The standard InChI is InChI=1S/C13H19N5O/c1-3-8-19-12-9-10(2)17-13(18-12)16-5-4-11-14-6-7-15-11/h6-7,9H,3-5,8H2,1-2H3,(H,14,15)(H,16,17,18). The van der Waals surface area contributed by atoms with Crippen LogP contribution in [-0.2, 0) is 6.42 Å². The lowest BCUT2D eigenvalue weighted by atomic mass is 10.4. The number of H-pyrrole nitrogens is 1. The van der Waals surface area contributed by atoms with E-state index in [0.717, 1.165) is 30.9 Å². The number of rotatable bonds is 7. The Kier molecular flexibility index (Phi) is 4.72. The Morgan fingerprint density at radius 3 is 3.00 bits per heavy atom. The van der Waals surface area contributed by atoms with Crippen LogP contribution in [0.5, 0.6) is 5.88 Å². The van der Waals surface area contributed by atoms with Crippen molar-refractivity contribution < 1.29 is 4.74 Å². The number of ether oxygens (including phenoxy) is 1. The zero-order valence-corrected chi connectivity index (χ0v) is 11.3. The highest BCUT2D eigenvalue weighted by molar-refractivity contribution is 5.30. The third-order valence-corrected chi connectivity index (χ3v) is 2.48. The quantitative estimate of drug-likeness (QED) is 0.796. The maximum atomic E-state index is 5.52. The van der Waals surface area contributed by atoms with Gasteiger partial charge in [-0.25, -0.2) is 9.97 Å². The van der Waals surface area contributed by atoms with Gasteiger partial charge in [-0.05, 0) is 13.3 Å². The molecule has 0 atom stereocenters. The number of aryl methyl sites for hydroxylation is 1. The number of aromatic amines is 1. The summed E-state index contributed by atoms with van der Waals surface area (Å²) in [4.78, 5) is 15.9. The highest BCUT2D eigenvalue weighted by Gasteiger charge is 2.03. The first-order valence-electron chi connectivity index (χ1n) is 6.48. The molecular formula is C13H19N5O. The van der Waals surface area contributed by atoms with E-state index in [1.807, 2.05) is 19.2 Å². The molecule has 2 rings (SSSR count). The largest absolute Gasteiger partial charge is 0.478 e. The smallest absolute Gasteiger partial charge is 0.226 e. The van der Waals surface area contributed by atoms with Crippen molar-refractivity contribution >= 4 is 5.95 Å². The minimum absolute atomic E-state index is 0.595. The maximum Gasteiger partial charge on any atom is 0.226 e. The highest BCUT2D eigenvalue weighted by Crippen LogP contribution is 2.12. The molecule has 0 aliphatic rings. The van der Waals surface area contributed by atoms with Gasteiger partial charge in [0.25, 0.3) is 0 Å². The van der Waals surface area contributed by atoms with E-state index >= 15 is 0 Å². The fourth-order valence-electron chi connectivity index (χ4n) is 1.63. The second-order valence-corrected chi connectivity index (χ2v) is 4.23. The fourth-order valence-corrected chi connectivity index (χ4v) is 1.63. The van der Waals surface area contributed by atoms with Crippen LogP contribution in [0.1, 0.15) is 24.9 Å². The number of nitrogens with one attached hydrogen (secondary N) is 2. The predicted molar refractivity (Wildman–Crippen MR) is 73.3 cm³/mol. The number of hydrogen-bond donors (Lipinski definition) is 2. The van der Waals surface area contributed by atoms with Gasteiger partial charge in [0.05, 0.1) is 6.61 Å². The summed E-state index contributed by atoms with van der Waals surface area (Å²) >= 11 is 0. The van der Waals surface area contributed by atoms with E-state index in [9.17, 15) is 0 Å². The second-order valence-electron chi connectivity index (χ2n) is 4.23. The number of aromatic nitrogens is 4. The molecule has 2 N–H and O–H groups in total. The fraction of sp³-hybridized carbons (Fsp3) is 0.462. The minimum atomic E-state index is 0.595. The lowest BCUT2D eigenvalue weighted by Crippen LogP contribution is -2.10. The van der Waals surface area contributed by atoms with Crippen LogP contribution in [0.15, 0.2) is 18.5 Å². The SMILES string of the molecule is CCCOc1cc(C)nc(NCCc2ncc[nH]2)n1. The van der Waals surface area contributed by atoms with Gasteiger partial charge in [-0.1, -0.05) is 6.92 Å². The summed E-state index contributed by atoms with van der Waals surface area (Å²) in [5.41, 5.74) is 0.890. The Bertz CT molecular complexity index is 498. The molecule has 2 aromatic rings. The number of anilines is 1. The van der Waals surface area contributed by atoms with Crippen LogP contribution >= 0.6 is 0 Å². The lowest BCUT2D eigenvalue weighted by Gasteiger charge is -2.08. The summed E-state index contributed by atoms with van der Waals surface area (Å²) in [6.45, 7) is 5.39. The molecule has 6 nitrogen and oxygen atoms in total. The van der Waals surface area contributed by atoms with Gasteiger partial charge >= 0.3 is 0 Å². The summed E-state index contributed by atoms with van der Waals surface area (Å²) in [5.74, 6) is 2.16. The third kappa shape index (κ3) is 4.24. The molecule has 0 amide bonds. The van der Waals surface area contributed by atoms with Crippen LogP contribution in [-0.4, -0.2) is 33.1 Å². The monoisotopic (exact) mass is 261 g/mol. The first-order chi connectivity index (χ1) is 9.28. The van der Waals surface area contributed by atoms with Gasteiger partial charge in [0.1, 0.15) is 5.82 Å². The summed E-state index contributed by atoms with van der Waals surface area (Å²) in [5, 5.41) is 3.18. The molecule has 2 aromatic heterocycles. The van der Waals surface area contributed by atoms with Crippen molar-refractivity contribution in [3.05, 3.63) is 30.0 Å². The molecule has 0 fully saturated rings. The van der Waals surface area contributed by atoms with Crippen molar-refractivity contribution in [2.75, 3.05) is 18.5 Å². The zero-order valence-electron chi connectivity index (χ0n) is 11.3. The summed E-state index contributed by atoms with van der Waals surface area (Å²) in [7, 11) is 0. The van der Waals surface area contributed by atoms with Crippen molar-refractivity contribution in [2.24, 2.45) is 0 Å². The molecular weight excluding hydrogens is 242 g/mol. The van der Waals surface area contributed by atoms with E-state index in [1.165, 1.54) is 0 Å². The number of hydrogen-bond acceptors (Lipinski definition) is 5. The van der Waals surface area contributed by atoms with E-state index in [1.54, 1.807) is 6.20 Å². The van der Waals surface area contributed by atoms with Gasteiger partial charge in [-0.15, -0.1) is 0 Å². The highest BCUT2D eigenvalue weighted by atomic mass is 16.5. The average molecular weight is 261 g/mol. The Balaban J connectivity index is 1.90. The Morgan fingerprint density at radius 2 is 2.26 bits per heavy atom. The maximum absolute atomic E-state index is 5.52. The first-order valence-corrected chi connectivity index (χ1v) is 6.48. The van der Waals surface area contributed by atoms with Gasteiger partial charge in [0.2, 0.25) is 11.8 Å². The predicted octanol–water partition coefficient (Wildman–Crippen LogP) is 1.95. The van der Waals surface area contributed by atoms with Gasteiger partial charge in [0.15, 0.2) is 0 Å². The van der Waals surface area contributed by atoms with Crippen molar-refractivity contribution in [1.82, 2.24) is 19.9 Å². The Hall–Kier alpha value is -2.11. The van der Waals surface area contributed by atoms with Gasteiger partial charge in [-0.3, -0.25) is 0 Å². The number of nitrogens with zero attached hydrogens (tertiary/aromatic N) is 3. The lowest BCUT2D eigenvalue weighted by molar-refractivity contribution is 0.305.